The van der Waals surface area contributed by atoms with Gasteiger partial charge in [-0.1, -0.05) is 71.6 Å². The van der Waals surface area contributed by atoms with Gasteiger partial charge in [-0.15, -0.1) is 0 Å². The maximum Gasteiger partial charge on any atom is 0.0619 e. The van der Waals surface area contributed by atoms with Crippen LogP contribution < -0.4 is 0 Å². The molecule has 0 heterocycles. The number of hydrogen-bond acceptors (Lipinski definition) is 0. The SMILES string of the molecule is CCCCCCCCCCCC(C)C[P+](CC)(CC)CC. The van der Waals surface area contributed by atoms with Crippen LogP contribution in [-0.2, 0) is 0 Å². The largest absolute Gasteiger partial charge is 0.0654 e. The fourth-order valence-corrected chi connectivity index (χ4v) is 7.24. The molecule has 1 heteroatoms. The van der Waals surface area contributed by atoms with Crippen molar-refractivity contribution in [1.82, 2.24) is 0 Å². The summed E-state index contributed by atoms with van der Waals surface area (Å²) >= 11 is 0. The van der Waals surface area contributed by atoms with Crippen LogP contribution in [0.25, 0.3) is 0 Å². The summed E-state index contributed by atoms with van der Waals surface area (Å²) in [6.07, 6.45) is 20.6. The summed E-state index contributed by atoms with van der Waals surface area (Å²) in [4.78, 5) is 0. The average Bonchev–Trinajstić information content (AvgIpc) is 2.51. The van der Waals surface area contributed by atoms with Gasteiger partial charge >= 0.3 is 0 Å². The first-order valence-corrected chi connectivity index (χ1v) is 12.5. The van der Waals surface area contributed by atoms with Crippen LogP contribution in [0.15, 0.2) is 0 Å². The number of rotatable bonds is 15. The molecule has 0 spiro atoms. The molecule has 0 saturated heterocycles. The molecule has 0 amide bonds. The molecular weight excluding hydrogens is 271 g/mol. The quantitative estimate of drug-likeness (QED) is 0.215. The summed E-state index contributed by atoms with van der Waals surface area (Å²) in [5.41, 5.74) is 0. The zero-order valence-corrected chi connectivity index (χ0v) is 16.8. The van der Waals surface area contributed by atoms with E-state index in [1.165, 1.54) is 82.7 Å². The van der Waals surface area contributed by atoms with Crippen molar-refractivity contribution < 1.29 is 0 Å². The van der Waals surface area contributed by atoms with Crippen LogP contribution >= 0.6 is 7.26 Å². The fourth-order valence-electron chi connectivity index (χ4n) is 3.61. The lowest BCUT2D eigenvalue weighted by atomic mass is 10.0. The number of hydrogen-bond donors (Lipinski definition) is 0. The lowest BCUT2D eigenvalue weighted by Gasteiger charge is -2.26. The Bertz CT molecular complexity index is 200. The second-order valence-electron chi connectivity index (χ2n) is 7.20. The maximum absolute atomic E-state index is 2.51. The van der Waals surface area contributed by atoms with E-state index in [9.17, 15) is 0 Å². The Labute approximate surface area is 137 Å². The van der Waals surface area contributed by atoms with E-state index in [1.807, 2.05) is 0 Å². The van der Waals surface area contributed by atoms with Crippen LogP contribution in [0, 0.1) is 5.92 Å². The van der Waals surface area contributed by atoms with Crippen molar-refractivity contribution in [3.63, 3.8) is 0 Å². The van der Waals surface area contributed by atoms with Crippen molar-refractivity contribution in [2.24, 2.45) is 5.92 Å². The van der Waals surface area contributed by atoms with E-state index < -0.39 is 7.26 Å². The van der Waals surface area contributed by atoms with Gasteiger partial charge in [0.05, 0.1) is 24.6 Å². The van der Waals surface area contributed by atoms with Gasteiger partial charge in [-0.3, -0.25) is 0 Å². The monoisotopic (exact) mass is 315 g/mol. The minimum atomic E-state index is -0.572. The van der Waals surface area contributed by atoms with Crippen LogP contribution in [0.3, 0.4) is 0 Å². The first-order chi connectivity index (χ1) is 10.1. The van der Waals surface area contributed by atoms with E-state index in [0.29, 0.717) is 0 Å². The smallest absolute Gasteiger partial charge is 0.0619 e. The molecule has 0 aromatic carbocycles. The fraction of sp³-hybridized carbons (Fsp3) is 1.00. The third-order valence-corrected chi connectivity index (χ3v) is 10.9. The van der Waals surface area contributed by atoms with Gasteiger partial charge in [0.2, 0.25) is 0 Å². The summed E-state index contributed by atoms with van der Waals surface area (Å²) in [5.74, 6) is 0.975. The summed E-state index contributed by atoms with van der Waals surface area (Å²) < 4.78 is 0. The molecule has 0 N–H and O–H groups in total. The van der Waals surface area contributed by atoms with E-state index in [0.717, 1.165) is 5.92 Å². The molecule has 128 valence electrons. The Morgan fingerprint density at radius 1 is 0.619 bits per heavy atom. The van der Waals surface area contributed by atoms with Gasteiger partial charge in [-0.2, -0.15) is 0 Å². The predicted molar refractivity (Wildman–Crippen MR) is 104 cm³/mol. The van der Waals surface area contributed by atoms with E-state index in [1.54, 1.807) is 6.16 Å². The summed E-state index contributed by atoms with van der Waals surface area (Å²) in [5, 5.41) is 0. The summed E-state index contributed by atoms with van der Waals surface area (Å²) in [6, 6.07) is 0. The molecule has 1 atom stereocenters. The van der Waals surface area contributed by atoms with Gasteiger partial charge in [0.25, 0.3) is 0 Å². The minimum Gasteiger partial charge on any atom is -0.0654 e. The first kappa shape index (κ1) is 21.4. The van der Waals surface area contributed by atoms with Gasteiger partial charge in [-0.05, 0) is 33.1 Å². The topological polar surface area (TPSA) is 0 Å². The van der Waals surface area contributed by atoms with Crippen molar-refractivity contribution >= 4 is 7.26 Å². The second-order valence-corrected chi connectivity index (χ2v) is 12.1. The molecule has 0 aromatic heterocycles. The zero-order valence-electron chi connectivity index (χ0n) is 15.9. The third-order valence-electron chi connectivity index (χ3n) is 5.51. The Morgan fingerprint density at radius 2 is 1.05 bits per heavy atom. The van der Waals surface area contributed by atoms with Gasteiger partial charge in [0.1, 0.15) is 0 Å². The number of unbranched alkanes of at least 4 members (excludes halogenated alkanes) is 8. The highest BCUT2D eigenvalue weighted by molar-refractivity contribution is 7.75. The summed E-state index contributed by atoms with van der Waals surface area (Å²) in [7, 11) is -0.572. The Balaban J connectivity index is 3.55. The molecule has 0 aliphatic carbocycles. The predicted octanol–water partition coefficient (Wildman–Crippen LogP) is 7.62. The first-order valence-electron chi connectivity index (χ1n) is 9.99. The van der Waals surface area contributed by atoms with Gasteiger partial charge in [0.15, 0.2) is 0 Å². The van der Waals surface area contributed by atoms with Crippen LogP contribution in [0.5, 0.6) is 0 Å². The van der Waals surface area contributed by atoms with Gasteiger partial charge in [-0.25, -0.2) is 0 Å². The molecule has 1 unspecified atom stereocenters. The normalized spacial score (nSPS) is 13.6. The van der Waals surface area contributed by atoms with Crippen LogP contribution in [-0.4, -0.2) is 24.6 Å². The van der Waals surface area contributed by atoms with Crippen molar-refractivity contribution in [3.8, 4) is 0 Å². The Hall–Kier alpha value is 0.430. The molecule has 0 radical (unpaired) electrons. The van der Waals surface area contributed by atoms with Crippen LogP contribution in [0.2, 0.25) is 0 Å². The lowest BCUT2D eigenvalue weighted by molar-refractivity contribution is 0.508. The molecule has 0 aliphatic rings. The van der Waals surface area contributed by atoms with Crippen LogP contribution in [0.4, 0.5) is 0 Å². The van der Waals surface area contributed by atoms with Gasteiger partial charge in [0, 0.05) is 7.26 Å². The molecular formula is C20H44P+. The van der Waals surface area contributed by atoms with Crippen molar-refractivity contribution in [2.75, 3.05) is 24.6 Å². The molecule has 0 fully saturated rings. The van der Waals surface area contributed by atoms with Crippen molar-refractivity contribution in [3.05, 3.63) is 0 Å². The molecule has 0 aliphatic heterocycles. The molecule has 0 rings (SSSR count). The zero-order chi connectivity index (χ0) is 16.0. The maximum atomic E-state index is 2.51. The molecule has 0 aromatic rings. The minimum absolute atomic E-state index is 0.572. The molecule has 0 saturated carbocycles. The standard InChI is InChI=1S/C20H44P/c1-6-10-11-12-13-14-15-16-17-18-20(5)19-21(7-2,8-3)9-4/h20H,6-19H2,1-5H3/q+1. The van der Waals surface area contributed by atoms with E-state index in [4.69, 9.17) is 0 Å². The molecule has 0 bridgehead atoms. The lowest BCUT2D eigenvalue weighted by Crippen LogP contribution is -2.13. The third kappa shape index (κ3) is 10.7. The average molecular weight is 316 g/mol. The van der Waals surface area contributed by atoms with Crippen LogP contribution in [0.1, 0.15) is 98.8 Å². The van der Waals surface area contributed by atoms with E-state index in [-0.39, 0.29) is 0 Å². The highest BCUT2D eigenvalue weighted by Gasteiger charge is 2.32. The molecule has 21 heavy (non-hydrogen) atoms. The van der Waals surface area contributed by atoms with E-state index >= 15 is 0 Å². The van der Waals surface area contributed by atoms with Crippen molar-refractivity contribution in [1.29, 1.82) is 0 Å². The highest BCUT2D eigenvalue weighted by Crippen LogP contribution is 2.59. The summed E-state index contributed by atoms with van der Waals surface area (Å²) in [6.45, 7) is 12.1. The van der Waals surface area contributed by atoms with Crippen molar-refractivity contribution in [2.45, 2.75) is 98.8 Å². The van der Waals surface area contributed by atoms with Gasteiger partial charge < -0.3 is 0 Å². The Kier molecular flexibility index (Phi) is 14.3. The highest BCUT2D eigenvalue weighted by atomic mass is 31.2. The molecule has 0 nitrogen and oxygen atoms in total. The second kappa shape index (κ2) is 14.0. The Morgan fingerprint density at radius 3 is 1.48 bits per heavy atom. The van der Waals surface area contributed by atoms with E-state index in [2.05, 4.69) is 34.6 Å².